The second-order valence-electron chi connectivity index (χ2n) is 5.41. The molecule has 0 bridgehead atoms. The molecule has 0 aromatic heterocycles. The van der Waals surface area contributed by atoms with E-state index in [0.29, 0.717) is 17.2 Å². The van der Waals surface area contributed by atoms with Crippen LogP contribution in [0.1, 0.15) is 37.3 Å². The first-order chi connectivity index (χ1) is 9.41. The SMILES string of the molecule is CCC1CCCN1S(=O)(=O)c1cc(C)c(C)cc1OC. The number of nitrogens with zero attached hydrogens (tertiary/aromatic N) is 1. The summed E-state index contributed by atoms with van der Waals surface area (Å²) in [4.78, 5) is 0.295. The summed E-state index contributed by atoms with van der Waals surface area (Å²) >= 11 is 0. The molecule has 2 rings (SSSR count). The summed E-state index contributed by atoms with van der Waals surface area (Å²) < 4.78 is 32.7. The van der Waals surface area contributed by atoms with Crippen LogP contribution >= 0.6 is 0 Å². The van der Waals surface area contributed by atoms with Crippen molar-refractivity contribution in [2.24, 2.45) is 0 Å². The predicted molar refractivity (Wildman–Crippen MR) is 79.7 cm³/mol. The van der Waals surface area contributed by atoms with Crippen molar-refractivity contribution in [3.05, 3.63) is 23.3 Å². The third-order valence-corrected chi connectivity index (χ3v) is 6.13. The lowest BCUT2D eigenvalue weighted by Crippen LogP contribution is -2.35. The van der Waals surface area contributed by atoms with Crippen molar-refractivity contribution in [1.82, 2.24) is 4.31 Å². The number of methoxy groups -OCH3 is 1. The Labute approximate surface area is 121 Å². The van der Waals surface area contributed by atoms with E-state index in [1.807, 2.05) is 20.8 Å². The van der Waals surface area contributed by atoms with Crippen LogP contribution < -0.4 is 4.74 Å². The molecule has 1 saturated heterocycles. The lowest BCUT2D eigenvalue weighted by molar-refractivity contribution is 0.370. The molecule has 1 aliphatic heterocycles. The molecule has 1 aliphatic rings. The Morgan fingerprint density at radius 1 is 1.30 bits per heavy atom. The van der Waals surface area contributed by atoms with E-state index in [1.165, 1.54) is 7.11 Å². The highest BCUT2D eigenvalue weighted by Crippen LogP contribution is 2.34. The lowest BCUT2D eigenvalue weighted by Gasteiger charge is -2.24. The summed E-state index contributed by atoms with van der Waals surface area (Å²) in [6.07, 6.45) is 2.74. The van der Waals surface area contributed by atoms with Crippen LogP contribution in [0.25, 0.3) is 0 Å². The second kappa shape index (κ2) is 5.74. The molecule has 1 fully saturated rings. The molecule has 0 amide bonds. The molecule has 4 nitrogen and oxygen atoms in total. The van der Waals surface area contributed by atoms with Crippen molar-refractivity contribution >= 4 is 10.0 Å². The first kappa shape index (κ1) is 15.3. The third kappa shape index (κ3) is 2.56. The quantitative estimate of drug-likeness (QED) is 0.858. The van der Waals surface area contributed by atoms with Gasteiger partial charge in [0.25, 0.3) is 0 Å². The highest BCUT2D eigenvalue weighted by atomic mass is 32.2. The van der Waals surface area contributed by atoms with Crippen molar-refractivity contribution in [3.8, 4) is 5.75 Å². The van der Waals surface area contributed by atoms with E-state index >= 15 is 0 Å². The molecular weight excluding hydrogens is 274 g/mol. The van der Waals surface area contributed by atoms with Crippen LogP contribution in [0.2, 0.25) is 0 Å². The maximum Gasteiger partial charge on any atom is 0.247 e. The summed E-state index contributed by atoms with van der Waals surface area (Å²) in [6.45, 7) is 6.53. The first-order valence-corrected chi connectivity index (χ1v) is 8.53. The molecule has 5 heteroatoms. The summed E-state index contributed by atoms with van der Waals surface area (Å²) in [5, 5.41) is 0. The molecule has 0 saturated carbocycles. The zero-order chi connectivity index (χ0) is 14.9. The normalized spacial score (nSPS) is 20.3. The van der Waals surface area contributed by atoms with Crippen LogP contribution in [0, 0.1) is 13.8 Å². The van der Waals surface area contributed by atoms with Gasteiger partial charge in [-0.1, -0.05) is 6.92 Å². The highest BCUT2D eigenvalue weighted by Gasteiger charge is 2.36. The second-order valence-corrected chi connectivity index (χ2v) is 7.27. The van der Waals surface area contributed by atoms with E-state index < -0.39 is 10.0 Å². The van der Waals surface area contributed by atoms with Crippen molar-refractivity contribution in [3.63, 3.8) is 0 Å². The maximum atomic E-state index is 12.9. The van der Waals surface area contributed by atoms with Crippen LogP contribution in [-0.2, 0) is 10.0 Å². The van der Waals surface area contributed by atoms with Crippen molar-refractivity contribution in [1.29, 1.82) is 0 Å². The van der Waals surface area contributed by atoms with Crippen molar-refractivity contribution in [2.45, 2.75) is 51.0 Å². The standard InChI is InChI=1S/C15H23NO3S/c1-5-13-7-6-8-16(13)20(17,18)15-10-12(3)11(2)9-14(15)19-4/h9-10,13H,5-8H2,1-4H3. The summed E-state index contributed by atoms with van der Waals surface area (Å²) in [7, 11) is -1.96. The van der Waals surface area contributed by atoms with Crippen molar-refractivity contribution in [2.75, 3.05) is 13.7 Å². The van der Waals surface area contributed by atoms with Crippen molar-refractivity contribution < 1.29 is 13.2 Å². The van der Waals surface area contributed by atoms with Gasteiger partial charge in [0.2, 0.25) is 10.0 Å². The Hall–Kier alpha value is -1.07. The van der Waals surface area contributed by atoms with Gasteiger partial charge in [0, 0.05) is 12.6 Å². The van der Waals surface area contributed by atoms with E-state index in [1.54, 1.807) is 16.4 Å². The zero-order valence-electron chi connectivity index (χ0n) is 12.6. The molecule has 0 radical (unpaired) electrons. The first-order valence-electron chi connectivity index (χ1n) is 7.09. The van der Waals surface area contributed by atoms with Crippen LogP contribution in [-0.4, -0.2) is 32.4 Å². The minimum absolute atomic E-state index is 0.117. The molecule has 0 N–H and O–H groups in total. The van der Waals surface area contributed by atoms with E-state index in [9.17, 15) is 8.42 Å². The number of aryl methyl sites for hydroxylation is 2. The van der Waals surface area contributed by atoms with Gasteiger partial charge in [-0.3, -0.25) is 0 Å². The smallest absolute Gasteiger partial charge is 0.247 e. The molecule has 20 heavy (non-hydrogen) atoms. The molecule has 1 unspecified atom stereocenters. The van der Waals surface area contributed by atoms with E-state index in [0.717, 1.165) is 30.4 Å². The number of hydrogen-bond acceptors (Lipinski definition) is 3. The minimum atomic E-state index is -3.47. The van der Waals surface area contributed by atoms with Gasteiger partial charge in [0.05, 0.1) is 7.11 Å². The molecular formula is C15H23NO3S. The predicted octanol–water partition coefficient (Wildman–Crippen LogP) is 2.88. The van der Waals surface area contributed by atoms with Gasteiger partial charge < -0.3 is 4.74 Å². The number of ether oxygens (including phenoxy) is 1. The number of hydrogen-bond donors (Lipinski definition) is 0. The summed E-state index contributed by atoms with van der Waals surface area (Å²) in [5.41, 5.74) is 2.01. The molecule has 1 aromatic carbocycles. The Balaban J connectivity index is 2.51. The Morgan fingerprint density at radius 2 is 1.95 bits per heavy atom. The molecule has 112 valence electrons. The molecule has 0 spiro atoms. The number of sulfonamides is 1. The van der Waals surface area contributed by atoms with Crippen LogP contribution in [0.15, 0.2) is 17.0 Å². The molecule has 1 aromatic rings. The summed E-state index contributed by atoms with van der Waals surface area (Å²) in [5.74, 6) is 0.440. The van der Waals surface area contributed by atoms with Gasteiger partial charge in [-0.2, -0.15) is 4.31 Å². The lowest BCUT2D eigenvalue weighted by atomic mass is 10.1. The van der Waals surface area contributed by atoms with Gasteiger partial charge in [0.1, 0.15) is 10.6 Å². The topological polar surface area (TPSA) is 46.6 Å². The minimum Gasteiger partial charge on any atom is -0.495 e. The van der Waals surface area contributed by atoms with Crippen LogP contribution in [0.5, 0.6) is 5.75 Å². The molecule has 0 aliphatic carbocycles. The van der Waals surface area contributed by atoms with E-state index in [2.05, 4.69) is 0 Å². The average Bonchev–Trinajstić information content (AvgIpc) is 2.90. The van der Waals surface area contributed by atoms with Gasteiger partial charge in [-0.15, -0.1) is 0 Å². The number of rotatable bonds is 4. The van der Waals surface area contributed by atoms with E-state index in [4.69, 9.17) is 4.74 Å². The van der Waals surface area contributed by atoms with Gasteiger partial charge in [-0.25, -0.2) is 8.42 Å². The van der Waals surface area contributed by atoms with Crippen LogP contribution in [0.3, 0.4) is 0 Å². The Bertz CT molecular complexity index is 595. The fourth-order valence-electron chi connectivity index (χ4n) is 2.78. The number of benzene rings is 1. The monoisotopic (exact) mass is 297 g/mol. The maximum absolute atomic E-state index is 12.9. The summed E-state index contributed by atoms with van der Waals surface area (Å²) in [6, 6.07) is 3.65. The fraction of sp³-hybridized carbons (Fsp3) is 0.600. The average molecular weight is 297 g/mol. The van der Waals surface area contributed by atoms with Crippen LogP contribution in [0.4, 0.5) is 0 Å². The Morgan fingerprint density at radius 3 is 2.55 bits per heavy atom. The zero-order valence-corrected chi connectivity index (χ0v) is 13.5. The molecule has 1 heterocycles. The van der Waals surface area contributed by atoms with Gasteiger partial charge in [-0.05, 0) is 56.4 Å². The van der Waals surface area contributed by atoms with E-state index in [-0.39, 0.29) is 6.04 Å². The fourth-order valence-corrected chi connectivity index (χ4v) is 4.78. The Kier molecular flexibility index (Phi) is 4.39. The third-order valence-electron chi connectivity index (χ3n) is 4.16. The highest BCUT2D eigenvalue weighted by molar-refractivity contribution is 7.89. The molecule has 1 atom stereocenters. The van der Waals surface area contributed by atoms with Gasteiger partial charge in [0.15, 0.2) is 0 Å². The van der Waals surface area contributed by atoms with Gasteiger partial charge >= 0.3 is 0 Å². The largest absolute Gasteiger partial charge is 0.495 e.